The lowest BCUT2D eigenvalue weighted by Gasteiger charge is -2.25. The third kappa shape index (κ3) is 6.68. The summed E-state index contributed by atoms with van der Waals surface area (Å²) < 4.78 is 27.0. The van der Waals surface area contributed by atoms with E-state index < -0.39 is 10.0 Å². The molecule has 6 nitrogen and oxygen atoms in total. The van der Waals surface area contributed by atoms with Gasteiger partial charge < -0.3 is 10.6 Å². The van der Waals surface area contributed by atoms with Crippen molar-refractivity contribution in [3.05, 3.63) is 65.7 Å². The topological polar surface area (TPSA) is 73.8 Å². The Labute approximate surface area is 190 Å². The average molecular weight is 528 g/mol. The molecule has 0 atom stereocenters. The van der Waals surface area contributed by atoms with E-state index in [2.05, 4.69) is 27.8 Å². The van der Waals surface area contributed by atoms with Gasteiger partial charge in [-0.15, -0.1) is 24.0 Å². The summed E-state index contributed by atoms with van der Waals surface area (Å²) in [5.41, 5.74) is 2.18. The second-order valence-corrected chi connectivity index (χ2v) is 8.81. The van der Waals surface area contributed by atoms with Crippen LogP contribution in [0.25, 0.3) is 0 Å². The van der Waals surface area contributed by atoms with E-state index in [1.165, 1.54) is 5.56 Å². The molecule has 1 aliphatic heterocycles. The molecule has 0 spiro atoms. The predicted molar refractivity (Wildman–Crippen MR) is 128 cm³/mol. The fourth-order valence-electron chi connectivity index (χ4n) is 3.22. The van der Waals surface area contributed by atoms with Gasteiger partial charge in [0.25, 0.3) is 0 Å². The zero-order chi connectivity index (χ0) is 19.8. The minimum atomic E-state index is -3.38. The molecule has 0 amide bonds. The van der Waals surface area contributed by atoms with Gasteiger partial charge in [0.05, 0.1) is 4.90 Å². The molecule has 2 N–H and O–H groups in total. The van der Waals surface area contributed by atoms with Crippen LogP contribution < -0.4 is 10.6 Å². The number of piperidine rings is 1. The van der Waals surface area contributed by atoms with Gasteiger partial charge >= 0.3 is 0 Å². The van der Waals surface area contributed by atoms with Gasteiger partial charge in [0, 0.05) is 33.2 Å². The molecule has 3 rings (SSSR count). The lowest BCUT2D eigenvalue weighted by molar-refractivity contribution is 0.346. The molecule has 0 unspecified atom stereocenters. The van der Waals surface area contributed by atoms with Crippen LogP contribution in [-0.2, 0) is 23.1 Å². The lowest BCUT2D eigenvalue weighted by Crippen LogP contribution is -2.36. The maximum Gasteiger partial charge on any atom is 0.243 e. The van der Waals surface area contributed by atoms with E-state index in [9.17, 15) is 8.42 Å². The molecule has 1 fully saturated rings. The Hall–Kier alpha value is -1.65. The van der Waals surface area contributed by atoms with E-state index in [0.717, 1.165) is 24.8 Å². The number of hydrogen-bond acceptors (Lipinski definition) is 3. The van der Waals surface area contributed by atoms with Crippen molar-refractivity contribution in [3.8, 4) is 0 Å². The van der Waals surface area contributed by atoms with Crippen molar-refractivity contribution in [2.75, 3.05) is 20.1 Å². The molecular formula is C21H29IN4O2S. The summed E-state index contributed by atoms with van der Waals surface area (Å²) in [7, 11) is -1.65. The highest BCUT2D eigenvalue weighted by Crippen LogP contribution is 2.20. The van der Waals surface area contributed by atoms with Crippen LogP contribution in [0.3, 0.4) is 0 Å². The summed E-state index contributed by atoms with van der Waals surface area (Å²) in [5.74, 6) is 0.703. The molecule has 0 radical (unpaired) electrons. The number of nitrogens with zero attached hydrogens (tertiary/aromatic N) is 2. The molecule has 0 saturated carbocycles. The van der Waals surface area contributed by atoms with Crippen LogP contribution in [0.1, 0.15) is 30.4 Å². The molecule has 1 heterocycles. The number of benzene rings is 2. The summed E-state index contributed by atoms with van der Waals surface area (Å²) in [5, 5.41) is 6.53. The van der Waals surface area contributed by atoms with Crippen LogP contribution in [0, 0.1) is 0 Å². The van der Waals surface area contributed by atoms with E-state index >= 15 is 0 Å². The van der Waals surface area contributed by atoms with Crippen LogP contribution in [0.15, 0.2) is 64.5 Å². The van der Waals surface area contributed by atoms with Gasteiger partial charge in [-0.1, -0.05) is 48.9 Å². The molecule has 158 valence electrons. The first kappa shape index (κ1) is 23.6. The van der Waals surface area contributed by atoms with Gasteiger partial charge in [-0.2, -0.15) is 4.31 Å². The number of aliphatic imine (C=N–C) groups is 1. The lowest BCUT2D eigenvalue weighted by atomic mass is 10.2. The Morgan fingerprint density at radius 1 is 0.897 bits per heavy atom. The normalized spacial score (nSPS) is 15.4. The van der Waals surface area contributed by atoms with Crippen LogP contribution in [0.4, 0.5) is 0 Å². The Balaban J connectivity index is 0.00000300. The molecular weight excluding hydrogens is 499 g/mol. The zero-order valence-electron chi connectivity index (χ0n) is 16.7. The Bertz CT molecular complexity index is 881. The minimum absolute atomic E-state index is 0. The number of sulfonamides is 1. The van der Waals surface area contributed by atoms with Crippen LogP contribution in [0.2, 0.25) is 0 Å². The summed E-state index contributed by atoms with van der Waals surface area (Å²) in [6, 6.07) is 17.2. The van der Waals surface area contributed by atoms with Crippen LogP contribution >= 0.6 is 24.0 Å². The molecule has 2 aromatic rings. The molecule has 0 aliphatic carbocycles. The number of nitrogens with one attached hydrogen (secondary N) is 2. The smallest absolute Gasteiger partial charge is 0.243 e. The highest BCUT2D eigenvalue weighted by Gasteiger charge is 2.25. The highest BCUT2D eigenvalue weighted by molar-refractivity contribution is 14.0. The maximum absolute atomic E-state index is 12.7. The van der Waals surface area contributed by atoms with Gasteiger partial charge in [-0.05, 0) is 36.1 Å². The first-order valence-corrected chi connectivity index (χ1v) is 11.1. The van der Waals surface area contributed by atoms with Crippen LogP contribution in [0.5, 0.6) is 0 Å². The molecule has 1 saturated heterocycles. The van der Waals surface area contributed by atoms with Crippen molar-refractivity contribution in [2.45, 2.75) is 37.2 Å². The molecule has 0 bridgehead atoms. The van der Waals surface area contributed by atoms with Crippen molar-refractivity contribution in [1.29, 1.82) is 0 Å². The second kappa shape index (κ2) is 11.5. The largest absolute Gasteiger partial charge is 0.352 e. The predicted octanol–water partition coefficient (Wildman–Crippen LogP) is 3.34. The third-order valence-corrected chi connectivity index (χ3v) is 6.78. The zero-order valence-corrected chi connectivity index (χ0v) is 19.8. The maximum atomic E-state index is 12.7. The molecule has 2 aromatic carbocycles. The molecule has 0 aromatic heterocycles. The van der Waals surface area contributed by atoms with Crippen molar-refractivity contribution < 1.29 is 8.42 Å². The number of hydrogen-bond donors (Lipinski definition) is 2. The molecule has 1 aliphatic rings. The monoisotopic (exact) mass is 528 g/mol. The summed E-state index contributed by atoms with van der Waals surface area (Å²) in [6.07, 6.45) is 2.99. The Morgan fingerprint density at radius 2 is 1.45 bits per heavy atom. The van der Waals surface area contributed by atoms with E-state index in [1.54, 1.807) is 23.5 Å². The minimum Gasteiger partial charge on any atom is -0.352 e. The average Bonchev–Trinajstić information content (AvgIpc) is 2.75. The highest BCUT2D eigenvalue weighted by atomic mass is 127. The van der Waals surface area contributed by atoms with E-state index in [0.29, 0.717) is 37.0 Å². The van der Waals surface area contributed by atoms with Gasteiger partial charge in [0.1, 0.15) is 0 Å². The quantitative estimate of drug-likeness (QED) is 0.343. The van der Waals surface area contributed by atoms with E-state index in [-0.39, 0.29) is 24.0 Å². The van der Waals surface area contributed by atoms with Gasteiger partial charge in [0.2, 0.25) is 10.0 Å². The number of halogens is 1. The first-order chi connectivity index (χ1) is 13.6. The fourth-order valence-corrected chi connectivity index (χ4v) is 4.74. The first-order valence-electron chi connectivity index (χ1n) is 9.67. The molecule has 8 heteroatoms. The van der Waals surface area contributed by atoms with Crippen molar-refractivity contribution in [1.82, 2.24) is 14.9 Å². The van der Waals surface area contributed by atoms with Gasteiger partial charge in [-0.25, -0.2) is 8.42 Å². The summed E-state index contributed by atoms with van der Waals surface area (Å²) >= 11 is 0. The summed E-state index contributed by atoms with van der Waals surface area (Å²) in [4.78, 5) is 4.59. The van der Waals surface area contributed by atoms with E-state index in [1.807, 2.05) is 30.3 Å². The van der Waals surface area contributed by atoms with Crippen LogP contribution in [-0.4, -0.2) is 38.8 Å². The second-order valence-electron chi connectivity index (χ2n) is 6.87. The Kier molecular flexibility index (Phi) is 9.38. The summed E-state index contributed by atoms with van der Waals surface area (Å²) in [6.45, 7) is 2.50. The van der Waals surface area contributed by atoms with Crippen molar-refractivity contribution in [3.63, 3.8) is 0 Å². The van der Waals surface area contributed by atoms with Crippen molar-refractivity contribution in [2.24, 2.45) is 4.99 Å². The molecule has 29 heavy (non-hydrogen) atoms. The van der Waals surface area contributed by atoms with Gasteiger partial charge in [0.15, 0.2) is 5.96 Å². The Morgan fingerprint density at radius 3 is 2.00 bits per heavy atom. The number of guanidine groups is 1. The third-order valence-electron chi connectivity index (χ3n) is 4.86. The number of rotatable bonds is 6. The van der Waals surface area contributed by atoms with Gasteiger partial charge in [-0.3, -0.25) is 4.99 Å². The SMILES string of the molecule is CN=C(NCc1ccccc1)NCc1ccc(S(=O)(=O)N2CCCCC2)cc1.I. The van der Waals surface area contributed by atoms with Crippen molar-refractivity contribution >= 4 is 40.0 Å². The standard InChI is InChI=1S/C21H28N4O2S.HI/c1-22-21(23-16-18-8-4-2-5-9-18)24-17-19-10-12-20(13-11-19)28(26,27)25-14-6-3-7-15-25;/h2,4-5,8-13H,3,6-7,14-17H2,1H3,(H2,22,23,24);1H. The van der Waals surface area contributed by atoms with E-state index in [4.69, 9.17) is 0 Å². The fraction of sp³-hybridized carbons (Fsp3) is 0.381.